The predicted octanol–water partition coefficient (Wildman–Crippen LogP) is 3.92. The number of benzene rings is 2. The van der Waals surface area contributed by atoms with E-state index in [1.807, 2.05) is 19.1 Å². The molecule has 0 atom stereocenters. The first-order valence-corrected chi connectivity index (χ1v) is 7.54. The van der Waals surface area contributed by atoms with Crippen LogP contribution in [0, 0.1) is 18.3 Å². The first kappa shape index (κ1) is 15.9. The second kappa shape index (κ2) is 6.65. The molecule has 1 aliphatic rings. The maximum atomic E-state index is 12.4. The summed E-state index contributed by atoms with van der Waals surface area (Å²) in [7, 11) is 0. The molecule has 0 spiro atoms. The van der Waals surface area contributed by atoms with Crippen molar-refractivity contribution in [2.45, 2.75) is 6.92 Å². The van der Waals surface area contributed by atoms with Gasteiger partial charge in [-0.05, 0) is 42.3 Å². The third-order valence-electron chi connectivity index (χ3n) is 3.53. The fourth-order valence-electron chi connectivity index (χ4n) is 2.29. The lowest BCUT2D eigenvalue weighted by Crippen LogP contribution is -2.14. The lowest BCUT2D eigenvalue weighted by atomic mass is 10.1. The van der Waals surface area contributed by atoms with Crippen molar-refractivity contribution in [3.63, 3.8) is 0 Å². The third-order valence-corrected chi connectivity index (χ3v) is 3.85. The van der Waals surface area contributed by atoms with E-state index in [0.29, 0.717) is 27.8 Å². The van der Waals surface area contributed by atoms with Crippen molar-refractivity contribution in [2.75, 3.05) is 12.1 Å². The highest BCUT2D eigenvalue weighted by molar-refractivity contribution is 6.34. The van der Waals surface area contributed by atoms with Crippen LogP contribution < -0.4 is 14.8 Å². The molecule has 2 aromatic carbocycles. The number of hydrogen-bond donors (Lipinski definition) is 1. The molecule has 6 heteroatoms. The fraction of sp³-hybridized carbons (Fsp3) is 0.111. The summed E-state index contributed by atoms with van der Waals surface area (Å²) in [5, 5.41) is 12.4. The van der Waals surface area contributed by atoms with Gasteiger partial charge in [-0.1, -0.05) is 29.8 Å². The molecule has 0 saturated carbocycles. The highest BCUT2D eigenvalue weighted by Gasteiger charge is 2.15. The topological polar surface area (TPSA) is 71.4 Å². The molecular formula is C18H13ClN2O3. The average Bonchev–Trinajstić information content (AvgIpc) is 3.03. The summed E-state index contributed by atoms with van der Waals surface area (Å²) in [5.74, 6) is 0.705. The van der Waals surface area contributed by atoms with Crippen LogP contribution in [0.1, 0.15) is 11.1 Å². The summed E-state index contributed by atoms with van der Waals surface area (Å²) in [6.07, 6.45) is 1.49. The monoisotopic (exact) mass is 340 g/mol. The van der Waals surface area contributed by atoms with E-state index in [1.54, 1.807) is 30.3 Å². The summed E-state index contributed by atoms with van der Waals surface area (Å²) < 4.78 is 10.5. The van der Waals surface area contributed by atoms with Crippen molar-refractivity contribution in [2.24, 2.45) is 0 Å². The lowest BCUT2D eigenvalue weighted by Gasteiger charge is -2.09. The molecule has 3 rings (SSSR count). The summed E-state index contributed by atoms with van der Waals surface area (Å²) in [5.41, 5.74) is 1.95. The fourth-order valence-corrected chi connectivity index (χ4v) is 2.56. The van der Waals surface area contributed by atoms with Crippen molar-refractivity contribution in [1.29, 1.82) is 5.26 Å². The maximum Gasteiger partial charge on any atom is 0.266 e. The second-order valence-corrected chi connectivity index (χ2v) is 5.58. The summed E-state index contributed by atoms with van der Waals surface area (Å²) in [6.45, 7) is 2.00. The molecule has 1 amide bonds. The number of carbonyl (C=O) groups excluding carboxylic acids is 1. The van der Waals surface area contributed by atoms with E-state index in [0.717, 1.165) is 5.56 Å². The lowest BCUT2D eigenvalue weighted by molar-refractivity contribution is -0.112. The van der Waals surface area contributed by atoms with E-state index in [9.17, 15) is 10.1 Å². The van der Waals surface area contributed by atoms with E-state index in [1.165, 1.54) is 6.08 Å². The summed E-state index contributed by atoms with van der Waals surface area (Å²) >= 11 is 6.10. The number of carbonyl (C=O) groups is 1. The van der Waals surface area contributed by atoms with Gasteiger partial charge >= 0.3 is 0 Å². The minimum Gasteiger partial charge on any atom is -0.454 e. The van der Waals surface area contributed by atoms with Gasteiger partial charge in [0.1, 0.15) is 11.6 Å². The zero-order valence-corrected chi connectivity index (χ0v) is 13.6. The number of nitriles is 1. The number of hydrogen-bond acceptors (Lipinski definition) is 4. The molecule has 0 radical (unpaired) electrons. The highest BCUT2D eigenvalue weighted by atomic mass is 35.5. The number of aryl methyl sites for hydroxylation is 1. The molecule has 0 unspecified atom stereocenters. The standard InChI is InChI=1S/C18H13ClN2O3/c1-11-3-2-4-14(19)17(11)21-18(22)13(9-20)7-12-5-6-15-16(8-12)24-10-23-15/h2-8H,10H2,1H3,(H,21,22)/b13-7+. The van der Waals surface area contributed by atoms with Crippen LogP contribution in [0.4, 0.5) is 5.69 Å². The first-order valence-electron chi connectivity index (χ1n) is 7.16. The Morgan fingerprint density at radius 3 is 2.83 bits per heavy atom. The highest BCUT2D eigenvalue weighted by Crippen LogP contribution is 2.33. The number of ether oxygens (including phenoxy) is 2. The van der Waals surface area contributed by atoms with Crippen LogP contribution >= 0.6 is 11.6 Å². The van der Waals surface area contributed by atoms with Gasteiger partial charge in [-0.15, -0.1) is 0 Å². The van der Waals surface area contributed by atoms with Crippen LogP contribution in [0.2, 0.25) is 5.02 Å². The van der Waals surface area contributed by atoms with Gasteiger partial charge in [-0.3, -0.25) is 4.79 Å². The van der Waals surface area contributed by atoms with E-state index in [4.69, 9.17) is 21.1 Å². The molecule has 2 aromatic rings. The SMILES string of the molecule is Cc1cccc(Cl)c1NC(=O)/C(C#N)=C/c1ccc2c(c1)OCO2. The number of rotatable bonds is 3. The molecule has 5 nitrogen and oxygen atoms in total. The number of anilines is 1. The van der Waals surface area contributed by atoms with Crippen LogP contribution in [0.25, 0.3) is 6.08 Å². The minimum absolute atomic E-state index is 0.0341. The van der Waals surface area contributed by atoms with Crippen LogP contribution in [0.5, 0.6) is 11.5 Å². The number of nitrogens with one attached hydrogen (secondary N) is 1. The minimum atomic E-state index is -0.522. The van der Waals surface area contributed by atoms with E-state index in [2.05, 4.69) is 5.32 Å². The van der Waals surface area contributed by atoms with Gasteiger partial charge in [0.2, 0.25) is 6.79 Å². The van der Waals surface area contributed by atoms with Gasteiger partial charge in [0.25, 0.3) is 5.91 Å². The molecule has 0 saturated heterocycles. The first-order chi connectivity index (χ1) is 11.6. The van der Waals surface area contributed by atoms with Gasteiger partial charge in [-0.25, -0.2) is 0 Å². The van der Waals surface area contributed by atoms with Crippen molar-refractivity contribution in [3.8, 4) is 17.6 Å². The molecule has 0 bridgehead atoms. The Kier molecular flexibility index (Phi) is 4.41. The van der Waals surface area contributed by atoms with Gasteiger partial charge in [-0.2, -0.15) is 5.26 Å². The Morgan fingerprint density at radius 1 is 1.29 bits per heavy atom. The molecule has 0 aromatic heterocycles. The predicted molar refractivity (Wildman–Crippen MR) is 91.0 cm³/mol. The van der Waals surface area contributed by atoms with Crippen molar-refractivity contribution in [1.82, 2.24) is 0 Å². The molecule has 0 aliphatic carbocycles. The van der Waals surface area contributed by atoms with E-state index < -0.39 is 5.91 Å². The molecular weight excluding hydrogens is 328 g/mol. The normalized spacial score (nSPS) is 12.6. The molecule has 1 heterocycles. The van der Waals surface area contributed by atoms with Crippen LogP contribution in [0.15, 0.2) is 42.0 Å². The maximum absolute atomic E-state index is 12.4. The average molecular weight is 341 g/mol. The third kappa shape index (κ3) is 3.19. The Hall–Kier alpha value is -2.97. The van der Waals surface area contributed by atoms with Crippen molar-refractivity contribution in [3.05, 3.63) is 58.1 Å². The van der Waals surface area contributed by atoms with Crippen LogP contribution in [-0.4, -0.2) is 12.7 Å². The quantitative estimate of drug-likeness (QED) is 0.679. The van der Waals surface area contributed by atoms with E-state index in [-0.39, 0.29) is 12.4 Å². The Morgan fingerprint density at radius 2 is 2.08 bits per heavy atom. The number of fused-ring (bicyclic) bond motifs is 1. The summed E-state index contributed by atoms with van der Waals surface area (Å²) in [4.78, 5) is 12.4. The Bertz CT molecular complexity index is 864. The van der Waals surface area contributed by atoms with Crippen molar-refractivity contribution >= 4 is 29.3 Å². The number of halogens is 1. The Labute approximate surface area is 144 Å². The number of amides is 1. The molecule has 1 N–H and O–H groups in total. The number of nitrogens with zero attached hydrogens (tertiary/aromatic N) is 1. The summed E-state index contributed by atoms with van der Waals surface area (Å²) in [6, 6.07) is 12.4. The zero-order valence-electron chi connectivity index (χ0n) is 12.8. The molecule has 24 heavy (non-hydrogen) atoms. The smallest absolute Gasteiger partial charge is 0.266 e. The van der Waals surface area contributed by atoms with Gasteiger partial charge in [0, 0.05) is 0 Å². The van der Waals surface area contributed by atoms with Crippen molar-refractivity contribution < 1.29 is 14.3 Å². The van der Waals surface area contributed by atoms with Gasteiger partial charge in [0.05, 0.1) is 10.7 Å². The zero-order chi connectivity index (χ0) is 17.1. The van der Waals surface area contributed by atoms with E-state index >= 15 is 0 Å². The Balaban J connectivity index is 1.86. The largest absolute Gasteiger partial charge is 0.454 e. The van der Waals surface area contributed by atoms with Gasteiger partial charge in [0.15, 0.2) is 11.5 Å². The van der Waals surface area contributed by atoms with Crippen LogP contribution in [0.3, 0.4) is 0 Å². The molecule has 0 fully saturated rings. The van der Waals surface area contributed by atoms with Crippen LogP contribution in [-0.2, 0) is 4.79 Å². The molecule has 120 valence electrons. The van der Waals surface area contributed by atoms with Gasteiger partial charge < -0.3 is 14.8 Å². The number of para-hydroxylation sites is 1. The molecule has 1 aliphatic heterocycles. The second-order valence-electron chi connectivity index (χ2n) is 5.17.